The second-order valence-electron chi connectivity index (χ2n) is 6.87. The molecule has 0 radical (unpaired) electrons. The molecule has 2 heteroatoms. The normalized spacial score (nSPS) is 27.1. The van der Waals surface area contributed by atoms with Gasteiger partial charge in [-0.2, -0.15) is 0 Å². The molecule has 0 spiro atoms. The van der Waals surface area contributed by atoms with Crippen LogP contribution in [0.15, 0.2) is 42.5 Å². The smallest absolute Gasteiger partial charge is 0.0337 e. The van der Waals surface area contributed by atoms with Crippen molar-refractivity contribution in [2.24, 2.45) is 5.92 Å². The minimum atomic E-state index is 0.342. The molecule has 1 heterocycles. The van der Waals surface area contributed by atoms with Gasteiger partial charge >= 0.3 is 0 Å². The predicted octanol–water partition coefficient (Wildman–Crippen LogP) is 3.41. The summed E-state index contributed by atoms with van der Waals surface area (Å²) in [4.78, 5) is 2.73. The van der Waals surface area contributed by atoms with Crippen molar-refractivity contribution in [2.45, 2.75) is 31.8 Å². The SMILES string of the molecule is CC1(C2CC2)CNCCN1Cc1cccc2ccccc12. The van der Waals surface area contributed by atoms with Crippen LogP contribution in [0.3, 0.4) is 0 Å². The molecule has 1 unspecified atom stereocenters. The van der Waals surface area contributed by atoms with Crippen molar-refractivity contribution in [3.05, 3.63) is 48.0 Å². The Morgan fingerprint density at radius 3 is 2.81 bits per heavy atom. The summed E-state index contributed by atoms with van der Waals surface area (Å²) in [5.41, 5.74) is 1.82. The molecule has 2 fully saturated rings. The standard InChI is InChI=1S/C19H24N2/c1-19(17-9-10-17)14-20-11-12-21(19)13-16-7-4-6-15-5-2-3-8-18(15)16/h2-8,17,20H,9-14H2,1H3. The van der Waals surface area contributed by atoms with Gasteiger partial charge in [-0.05, 0) is 42.0 Å². The third-order valence-electron chi connectivity index (χ3n) is 5.46. The zero-order chi connectivity index (χ0) is 14.3. The van der Waals surface area contributed by atoms with Crippen LogP contribution in [0, 0.1) is 5.92 Å². The second kappa shape index (κ2) is 5.11. The summed E-state index contributed by atoms with van der Waals surface area (Å²) in [5.74, 6) is 0.889. The highest BCUT2D eigenvalue weighted by molar-refractivity contribution is 5.85. The summed E-state index contributed by atoms with van der Waals surface area (Å²) >= 11 is 0. The molecule has 0 aromatic heterocycles. The number of nitrogens with one attached hydrogen (secondary N) is 1. The lowest BCUT2D eigenvalue weighted by molar-refractivity contribution is 0.0488. The number of benzene rings is 2. The molecule has 21 heavy (non-hydrogen) atoms. The van der Waals surface area contributed by atoms with E-state index in [0.29, 0.717) is 5.54 Å². The van der Waals surface area contributed by atoms with Crippen LogP contribution in [-0.2, 0) is 6.54 Å². The lowest BCUT2D eigenvalue weighted by Crippen LogP contribution is -2.60. The average Bonchev–Trinajstić information content (AvgIpc) is 3.35. The van der Waals surface area contributed by atoms with E-state index < -0.39 is 0 Å². The molecular weight excluding hydrogens is 256 g/mol. The summed E-state index contributed by atoms with van der Waals surface area (Å²) in [5, 5.41) is 6.38. The minimum absolute atomic E-state index is 0.342. The van der Waals surface area contributed by atoms with Gasteiger partial charge in [0.25, 0.3) is 0 Å². The Hall–Kier alpha value is -1.38. The molecule has 1 atom stereocenters. The maximum Gasteiger partial charge on any atom is 0.0337 e. The van der Waals surface area contributed by atoms with Crippen molar-refractivity contribution in [1.82, 2.24) is 10.2 Å². The van der Waals surface area contributed by atoms with Crippen molar-refractivity contribution in [2.75, 3.05) is 19.6 Å². The van der Waals surface area contributed by atoms with Gasteiger partial charge in [-0.3, -0.25) is 4.90 Å². The quantitative estimate of drug-likeness (QED) is 0.927. The van der Waals surface area contributed by atoms with Gasteiger partial charge in [0.05, 0.1) is 0 Å². The van der Waals surface area contributed by atoms with Gasteiger partial charge in [-0.15, -0.1) is 0 Å². The van der Waals surface area contributed by atoms with E-state index in [1.54, 1.807) is 0 Å². The molecule has 2 aliphatic rings. The first kappa shape index (κ1) is 13.3. The van der Waals surface area contributed by atoms with Gasteiger partial charge < -0.3 is 5.32 Å². The molecule has 2 aromatic rings. The zero-order valence-corrected chi connectivity index (χ0v) is 12.8. The molecule has 2 nitrogen and oxygen atoms in total. The van der Waals surface area contributed by atoms with E-state index in [4.69, 9.17) is 0 Å². The van der Waals surface area contributed by atoms with Gasteiger partial charge in [0.1, 0.15) is 0 Å². The molecule has 0 amide bonds. The third kappa shape index (κ3) is 2.37. The molecule has 1 N–H and O–H groups in total. The minimum Gasteiger partial charge on any atom is -0.314 e. The second-order valence-corrected chi connectivity index (χ2v) is 6.87. The highest BCUT2D eigenvalue weighted by atomic mass is 15.3. The first-order valence-corrected chi connectivity index (χ1v) is 8.20. The van der Waals surface area contributed by atoms with Crippen molar-refractivity contribution in [3.8, 4) is 0 Å². The number of piperazine rings is 1. The predicted molar refractivity (Wildman–Crippen MR) is 88.4 cm³/mol. The summed E-state index contributed by atoms with van der Waals surface area (Å²) in [7, 11) is 0. The first-order valence-electron chi connectivity index (χ1n) is 8.20. The summed E-state index contributed by atoms with van der Waals surface area (Å²) in [6.07, 6.45) is 2.81. The van der Waals surface area contributed by atoms with E-state index in [1.165, 1.54) is 29.2 Å². The van der Waals surface area contributed by atoms with Crippen LogP contribution < -0.4 is 5.32 Å². The highest BCUT2D eigenvalue weighted by Crippen LogP contribution is 2.44. The fraction of sp³-hybridized carbons (Fsp3) is 0.474. The number of hydrogen-bond donors (Lipinski definition) is 1. The molecule has 0 bridgehead atoms. The van der Waals surface area contributed by atoms with E-state index in [0.717, 1.165) is 32.1 Å². The maximum atomic E-state index is 3.61. The Balaban J connectivity index is 1.67. The summed E-state index contributed by atoms with van der Waals surface area (Å²) in [6, 6.07) is 15.5. The number of rotatable bonds is 3. The highest BCUT2D eigenvalue weighted by Gasteiger charge is 2.46. The van der Waals surface area contributed by atoms with Crippen molar-refractivity contribution in [1.29, 1.82) is 0 Å². The number of hydrogen-bond acceptors (Lipinski definition) is 2. The third-order valence-corrected chi connectivity index (χ3v) is 5.46. The zero-order valence-electron chi connectivity index (χ0n) is 12.8. The molecule has 1 saturated heterocycles. The topological polar surface area (TPSA) is 15.3 Å². The van der Waals surface area contributed by atoms with Crippen LogP contribution in [0.1, 0.15) is 25.3 Å². The number of nitrogens with zero attached hydrogens (tertiary/aromatic N) is 1. The van der Waals surface area contributed by atoms with Crippen molar-refractivity contribution < 1.29 is 0 Å². The van der Waals surface area contributed by atoms with Crippen LogP contribution in [0.25, 0.3) is 10.8 Å². The lowest BCUT2D eigenvalue weighted by Gasteiger charge is -2.46. The summed E-state index contributed by atoms with van der Waals surface area (Å²) in [6.45, 7) is 6.96. The maximum absolute atomic E-state index is 3.61. The lowest BCUT2D eigenvalue weighted by atomic mass is 9.90. The van der Waals surface area contributed by atoms with E-state index in [1.807, 2.05) is 0 Å². The van der Waals surface area contributed by atoms with Gasteiger partial charge in [0.2, 0.25) is 0 Å². The van der Waals surface area contributed by atoms with Crippen molar-refractivity contribution >= 4 is 10.8 Å². The summed E-state index contributed by atoms with van der Waals surface area (Å²) < 4.78 is 0. The van der Waals surface area contributed by atoms with Crippen LogP contribution in [-0.4, -0.2) is 30.1 Å². The van der Waals surface area contributed by atoms with Crippen LogP contribution in [0.2, 0.25) is 0 Å². The van der Waals surface area contributed by atoms with Crippen molar-refractivity contribution in [3.63, 3.8) is 0 Å². The molecule has 110 valence electrons. The Morgan fingerprint density at radius 2 is 1.95 bits per heavy atom. The van der Waals surface area contributed by atoms with Gasteiger partial charge in [0.15, 0.2) is 0 Å². The van der Waals surface area contributed by atoms with Gasteiger partial charge in [-0.25, -0.2) is 0 Å². The van der Waals surface area contributed by atoms with E-state index in [2.05, 4.69) is 59.6 Å². The fourth-order valence-corrected chi connectivity index (χ4v) is 3.93. The van der Waals surface area contributed by atoms with Gasteiger partial charge in [0, 0.05) is 31.7 Å². The van der Waals surface area contributed by atoms with E-state index in [9.17, 15) is 0 Å². The number of fused-ring (bicyclic) bond motifs is 1. The fourth-order valence-electron chi connectivity index (χ4n) is 3.93. The average molecular weight is 280 g/mol. The van der Waals surface area contributed by atoms with Crippen LogP contribution >= 0.6 is 0 Å². The molecule has 1 saturated carbocycles. The Morgan fingerprint density at radius 1 is 1.14 bits per heavy atom. The largest absolute Gasteiger partial charge is 0.314 e. The van der Waals surface area contributed by atoms with E-state index >= 15 is 0 Å². The first-order chi connectivity index (χ1) is 10.3. The molecule has 1 aliphatic heterocycles. The molecular formula is C19H24N2. The molecule has 2 aromatic carbocycles. The Kier molecular flexibility index (Phi) is 3.24. The van der Waals surface area contributed by atoms with Crippen LogP contribution in [0.4, 0.5) is 0 Å². The van der Waals surface area contributed by atoms with Gasteiger partial charge in [-0.1, -0.05) is 42.5 Å². The van der Waals surface area contributed by atoms with E-state index in [-0.39, 0.29) is 0 Å². The Labute approximate surface area is 127 Å². The molecule has 4 rings (SSSR count). The van der Waals surface area contributed by atoms with Crippen LogP contribution in [0.5, 0.6) is 0 Å². The Bertz CT molecular complexity index is 642. The molecule has 1 aliphatic carbocycles. The monoisotopic (exact) mass is 280 g/mol.